The van der Waals surface area contributed by atoms with Gasteiger partial charge in [-0.25, -0.2) is 4.79 Å². The zero-order chi connectivity index (χ0) is 18.7. The van der Waals surface area contributed by atoms with E-state index in [0.717, 1.165) is 0 Å². The highest BCUT2D eigenvalue weighted by molar-refractivity contribution is 5.92. The number of nitrogens with zero attached hydrogens (tertiary/aromatic N) is 1. The van der Waals surface area contributed by atoms with Crippen molar-refractivity contribution < 1.29 is 33.8 Å². The van der Waals surface area contributed by atoms with E-state index in [4.69, 9.17) is 15.2 Å². The van der Waals surface area contributed by atoms with Crippen molar-refractivity contribution in [3.05, 3.63) is 66.0 Å². The molecule has 4 N–H and O–H groups in total. The largest absolute Gasteiger partial charge is 0.459 e. The molecule has 8 heteroatoms. The predicted molar refractivity (Wildman–Crippen MR) is 87.8 cm³/mol. The first kappa shape index (κ1) is 18.0. The van der Waals surface area contributed by atoms with Crippen LogP contribution in [0.25, 0.3) is 0 Å². The number of esters is 1. The lowest BCUT2D eigenvalue weighted by molar-refractivity contribution is -0.765. The Balaban J connectivity index is 1.67. The van der Waals surface area contributed by atoms with E-state index in [2.05, 4.69) is 0 Å². The number of aliphatic hydroxyl groups is 2. The first-order valence-corrected chi connectivity index (χ1v) is 8.02. The average molecular weight is 359 g/mol. The maximum absolute atomic E-state index is 12.0. The molecule has 0 aliphatic carbocycles. The molecule has 1 aromatic heterocycles. The van der Waals surface area contributed by atoms with Crippen LogP contribution >= 0.6 is 0 Å². The van der Waals surface area contributed by atoms with E-state index in [0.29, 0.717) is 5.56 Å². The molecule has 4 atom stereocenters. The van der Waals surface area contributed by atoms with Crippen LogP contribution in [0.15, 0.2) is 54.9 Å². The zero-order valence-electron chi connectivity index (χ0n) is 13.8. The molecule has 8 nitrogen and oxygen atoms in total. The van der Waals surface area contributed by atoms with E-state index < -0.39 is 36.4 Å². The number of aliphatic hydroxyl groups excluding tert-OH is 2. The summed E-state index contributed by atoms with van der Waals surface area (Å²) in [5, 5.41) is 20.4. The second kappa shape index (κ2) is 7.61. The highest BCUT2D eigenvalue weighted by atomic mass is 16.6. The van der Waals surface area contributed by atoms with E-state index in [9.17, 15) is 19.8 Å². The van der Waals surface area contributed by atoms with Gasteiger partial charge in [-0.3, -0.25) is 4.79 Å². The minimum atomic E-state index is -1.26. The van der Waals surface area contributed by atoms with Crippen LogP contribution in [0.4, 0.5) is 0 Å². The van der Waals surface area contributed by atoms with Crippen LogP contribution in [-0.4, -0.2) is 47.0 Å². The van der Waals surface area contributed by atoms with Crippen LogP contribution in [0.1, 0.15) is 26.9 Å². The lowest BCUT2D eigenvalue weighted by Crippen LogP contribution is -2.46. The normalized spacial score (nSPS) is 25.0. The van der Waals surface area contributed by atoms with Gasteiger partial charge in [0.05, 0.1) is 5.56 Å². The fourth-order valence-electron chi connectivity index (χ4n) is 2.73. The van der Waals surface area contributed by atoms with E-state index in [1.54, 1.807) is 42.6 Å². The fraction of sp³-hybridized carbons (Fsp3) is 0.278. The molecule has 0 unspecified atom stereocenters. The molecule has 1 saturated heterocycles. The third kappa shape index (κ3) is 3.72. The van der Waals surface area contributed by atoms with Crippen molar-refractivity contribution in [2.45, 2.75) is 24.5 Å². The summed E-state index contributed by atoms with van der Waals surface area (Å²) in [5.41, 5.74) is 5.85. The number of carbonyl (C=O) groups is 2. The Labute approximate surface area is 149 Å². The van der Waals surface area contributed by atoms with Gasteiger partial charge >= 0.3 is 5.97 Å². The summed E-state index contributed by atoms with van der Waals surface area (Å²) in [6, 6.07) is 11.5. The third-order valence-electron chi connectivity index (χ3n) is 4.13. The second-order valence-corrected chi connectivity index (χ2v) is 5.91. The smallest absolute Gasteiger partial charge is 0.338 e. The van der Waals surface area contributed by atoms with Crippen molar-refractivity contribution >= 4 is 11.9 Å². The number of aromatic nitrogens is 1. The van der Waals surface area contributed by atoms with Gasteiger partial charge in [-0.05, 0) is 18.2 Å². The van der Waals surface area contributed by atoms with Gasteiger partial charge in [0, 0.05) is 6.07 Å². The predicted octanol–water partition coefficient (Wildman–Crippen LogP) is -0.451. The molecule has 1 aromatic carbocycles. The van der Waals surface area contributed by atoms with Crippen molar-refractivity contribution in [3.8, 4) is 0 Å². The number of rotatable bonds is 5. The van der Waals surface area contributed by atoms with Crippen LogP contribution in [0.2, 0.25) is 0 Å². The molecule has 1 aliphatic rings. The van der Waals surface area contributed by atoms with E-state index in [-0.39, 0.29) is 12.2 Å². The lowest BCUT2D eigenvalue weighted by Gasteiger charge is -2.13. The van der Waals surface area contributed by atoms with Crippen LogP contribution in [0.3, 0.4) is 0 Å². The van der Waals surface area contributed by atoms with E-state index >= 15 is 0 Å². The number of benzene rings is 1. The number of ether oxygens (including phenoxy) is 2. The van der Waals surface area contributed by atoms with E-state index in [1.165, 1.54) is 16.8 Å². The molecule has 136 valence electrons. The highest BCUT2D eigenvalue weighted by Crippen LogP contribution is 2.26. The first-order chi connectivity index (χ1) is 12.5. The number of hydrogen-bond donors (Lipinski definition) is 3. The fourth-order valence-corrected chi connectivity index (χ4v) is 2.73. The Morgan fingerprint density at radius 3 is 2.46 bits per heavy atom. The molecule has 0 radical (unpaired) electrons. The molecule has 2 aromatic rings. The number of carbonyl (C=O) groups excluding carboxylic acids is 2. The minimum Gasteiger partial charge on any atom is -0.459 e. The number of primary amides is 1. The number of pyridine rings is 1. The first-order valence-electron chi connectivity index (χ1n) is 8.02. The molecular weight excluding hydrogens is 340 g/mol. The molecule has 1 aliphatic heterocycles. The van der Waals surface area contributed by atoms with Crippen molar-refractivity contribution in [2.75, 3.05) is 6.61 Å². The van der Waals surface area contributed by atoms with Crippen LogP contribution < -0.4 is 10.3 Å². The SMILES string of the molecule is NC(=O)c1ccc[n+]([C@@H]2O[C@H](COC(=O)c3ccccc3)[C@@H](O)[C@H]2O)c1. The standard InChI is InChI=1S/C18H18N2O6/c19-16(23)12-7-4-8-20(9-12)17-15(22)14(21)13(26-17)10-25-18(24)11-5-2-1-3-6-11/h1-9,13-15,17,21-22H,10H2,(H-,19,23)/p+1/t13-,14-,15-,17-/m1/s1. The van der Waals surface area contributed by atoms with Gasteiger partial charge in [0.25, 0.3) is 12.1 Å². The Morgan fingerprint density at radius 1 is 1.08 bits per heavy atom. The number of amides is 1. The highest BCUT2D eigenvalue weighted by Gasteiger charge is 2.48. The summed E-state index contributed by atoms with van der Waals surface area (Å²) in [4.78, 5) is 23.3. The molecule has 0 spiro atoms. The zero-order valence-corrected chi connectivity index (χ0v) is 13.8. The molecule has 0 bridgehead atoms. The quantitative estimate of drug-likeness (QED) is 0.491. The van der Waals surface area contributed by atoms with Gasteiger partial charge in [0.1, 0.15) is 24.4 Å². The monoisotopic (exact) mass is 359 g/mol. The lowest BCUT2D eigenvalue weighted by atomic mass is 10.1. The maximum Gasteiger partial charge on any atom is 0.338 e. The second-order valence-electron chi connectivity index (χ2n) is 5.91. The van der Waals surface area contributed by atoms with Gasteiger partial charge in [0.2, 0.25) is 0 Å². The Bertz CT molecular complexity index is 797. The number of hydrogen-bond acceptors (Lipinski definition) is 6. The summed E-state index contributed by atoms with van der Waals surface area (Å²) in [6.07, 6.45) is -1.37. The van der Waals surface area contributed by atoms with Gasteiger partial charge in [-0.1, -0.05) is 18.2 Å². The Morgan fingerprint density at radius 2 is 1.77 bits per heavy atom. The molecule has 3 rings (SSSR count). The average Bonchev–Trinajstić information content (AvgIpc) is 2.95. The van der Waals surface area contributed by atoms with Crippen molar-refractivity contribution in [3.63, 3.8) is 0 Å². The van der Waals surface area contributed by atoms with Crippen LogP contribution in [0.5, 0.6) is 0 Å². The summed E-state index contributed by atoms with van der Waals surface area (Å²) in [7, 11) is 0. The third-order valence-corrected chi connectivity index (χ3v) is 4.13. The Hall–Kier alpha value is -2.81. The summed E-state index contributed by atoms with van der Waals surface area (Å²) in [5.74, 6) is -1.18. The van der Waals surface area contributed by atoms with Crippen molar-refractivity contribution in [1.82, 2.24) is 0 Å². The molecule has 1 fully saturated rings. The van der Waals surface area contributed by atoms with Gasteiger partial charge in [0.15, 0.2) is 18.5 Å². The maximum atomic E-state index is 12.0. The minimum absolute atomic E-state index is 0.224. The summed E-state index contributed by atoms with van der Waals surface area (Å²) < 4.78 is 12.2. The van der Waals surface area contributed by atoms with Crippen LogP contribution in [-0.2, 0) is 9.47 Å². The Kier molecular flexibility index (Phi) is 5.27. The molecular formula is C18H19N2O6+. The molecule has 1 amide bonds. The summed E-state index contributed by atoms with van der Waals surface area (Å²) >= 11 is 0. The molecule has 0 saturated carbocycles. The van der Waals surface area contributed by atoms with Gasteiger partial charge in [-0.15, -0.1) is 0 Å². The number of nitrogens with two attached hydrogens (primary N) is 1. The topological polar surface area (TPSA) is 123 Å². The van der Waals surface area contributed by atoms with Gasteiger partial charge in [-0.2, -0.15) is 4.57 Å². The van der Waals surface area contributed by atoms with E-state index in [1.807, 2.05) is 0 Å². The van der Waals surface area contributed by atoms with Gasteiger partial charge < -0.3 is 25.4 Å². The molecule has 2 heterocycles. The summed E-state index contributed by atoms with van der Waals surface area (Å²) in [6.45, 7) is -0.224. The van der Waals surface area contributed by atoms with Crippen molar-refractivity contribution in [1.29, 1.82) is 0 Å². The van der Waals surface area contributed by atoms with Crippen molar-refractivity contribution in [2.24, 2.45) is 5.73 Å². The molecule has 26 heavy (non-hydrogen) atoms. The van der Waals surface area contributed by atoms with Crippen LogP contribution in [0, 0.1) is 0 Å².